The summed E-state index contributed by atoms with van der Waals surface area (Å²) >= 11 is 0. The molecule has 0 bridgehead atoms. The van der Waals surface area contributed by atoms with Gasteiger partial charge in [0.2, 0.25) is 5.82 Å². The third kappa shape index (κ3) is 3.47. The van der Waals surface area contributed by atoms with E-state index in [1.165, 1.54) is 17.0 Å². The number of hydrogen-bond acceptors (Lipinski definition) is 4. The molecule has 7 heteroatoms. The SMILES string of the molecule is CCC(C(=O)O)N(C)Cc1cccc([N+](=O)[O-])c1F. The van der Waals surface area contributed by atoms with E-state index in [9.17, 15) is 19.3 Å². The number of hydrogen-bond donors (Lipinski definition) is 1. The van der Waals surface area contributed by atoms with Gasteiger partial charge in [0, 0.05) is 18.2 Å². The van der Waals surface area contributed by atoms with Crippen molar-refractivity contribution in [3.8, 4) is 0 Å². The Balaban J connectivity index is 2.97. The Kier molecular flexibility index (Phi) is 4.94. The zero-order chi connectivity index (χ0) is 14.6. The van der Waals surface area contributed by atoms with Crippen LogP contribution in [0.1, 0.15) is 18.9 Å². The van der Waals surface area contributed by atoms with E-state index in [1.807, 2.05) is 0 Å². The fraction of sp³-hybridized carbons (Fsp3) is 0.417. The quantitative estimate of drug-likeness (QED) is 0.631. The number of carboxylic acids is 1. The monoisotopic (exact) mass is 270 g/mol. The summed E-state index contributed by atoms with van der Waals surface area (Å²) in [6, 6.07) is 3.12. The van der Waals surface area contributed by atoms with Crippen molar-refractivity contribution in [1.29, 1.82) is 0 Å². The molecule has 1 unspecified atom stereocenters. The van der Waals surface area contributed by atoms with Crippen LogP contribution in [0.3, 0.4) is 0 Å². The Hall–Kier alpha value is -2.02. The maximum atomic E-state index is 13.8. The normalized spacial score (nSPS) is 12.4. The predicted molar refractivity (Wildman–Crippen MR) is 66.2 cm³/mol. The highest BCUT2D eigenvalue weighted by atomic mass is 19.1. The number of nitrogens with zero attached hydrogens (tertiary/aromatic N) is 2. The van der Waals surface area contributed by atoms with Gasteiger partial charge >= 0.3 is 11.7 Å². The molecule has 0 amide bonds. The van der Waals surface area contributed by atoms with Crippen LogP contribution in [0.5, 0.6) is 0 Å². The maximum Gasteiger partial charge on any atom is 0.320 e. The Morgan fingerprint density at radius 1 is 1.58 bits per heavy atom. The van der Waals surface area contributed by atoms with E-state index in [4.69, 9.17) is 5.11 Å². The summed E-state index contributed by atoms with van der Waals surface area (Å²) in [5.41, 5.74) is -0.495. The first kappa shape index (κ1) is 15.0. The first-order chi connectivity index (χ1) is 8.88. The fourth-order valence-electron chi connectivity index (χ4n) is 1.88. The van der Waals surface area contributed by atoms with Crippen LogP contribution in [0.25, 0.3) is 0 Å². The van der Waals surface area contributed by atoms with E-state index in [0.717, 1.165) is 6.07 Å². The van der Waals surface area contributed by atoms with Gasteiger partial charge in [0.15, 0.2) is 0 Å². The molecular weight excluding hydrogens is 255 g/mol. The molecule has 0 fully saturated rings. The Morgan fingerprint density at radius 2 is 2.21 bits per heavy atom. The van der Waals surface area contributed by atoms with E-state index in [1.54, 1.807) is 14.0 Å². The second kappa shape index (κ2) is 6.24. The fourth-order valence-corrected chi connectivity index (χ4v) is 1.88. The Labute approximate surface area is 109 Å². The number of nitro groups is 1. The highest BCUT2D eigenvalue weighted by Gasteiger charge is 2.23. The zero-order valence-corrected chi connectivity index (χ0v) is 10.7. The van der Waals surface area contributed by atoms with Gasteiger partial charge in [-0.3, -0.25) is 19.8 Å². The van der Waals surface area contributed by atoms with Crippen molar-refractivity contribution in [2.75, 3.05) is 7.05 Å². The predicted octanol–water partition coefficient (Wildman–Crippen LogP) is 2.03. The third-order valence-electron chi connectivity index (χ3n) is 2.88. The standard InChI is InChI=1S/C12H15FN2O4/c1-3-9(12(16)17)14(2)7-8-5-4-6-10(11(8)13)15(18)19/h4-6,9H,3,7H2,1-2H3,(H,16,17). The topological polar surface area (TPSA) is 83.7 Å². The molecule has 0 saturated carbocycles. The van der Waals surface area contributed by atoms with Crippen molar-refractivity contribution in [2.24, 2.45) is 0 Å². The first-order valence-electron chi connectivity index (χ1n) is 5.73. The summed E-state index contributed by atoms with van der Waals surface area (Å²) in [5, 5.41) is 19.6. The molecule has 1 atom stereocenters. The molecule has 19 heavy (non-hydrogen) atoms. The number of nitro benzene ring substituents is 1. The first-order valence-corrected chi connectivity index (χ1v) is 5.73. The van der Waals surface area contributed by atoms with Crippen molar-refractivity contribution < 1.29 is 19.2 Å². The molecule has 1 N–H and O–H groups in total. The minimum Gasteiger partial charge on any atom is -0.480 e. The molecule has 0 aromatic heterocycles. The average Bonchev–Trinajstić information content (AvgIpc) is 2.31. The second-order valence-electron chi connectivity index (χ2n) is 4.18. The minimum atomic E-state index is -1.00. The lowest BCUT2D eigenvalue weighted by molar-refractivity contribution is -0.387. The van der Waals surface area contributed by atoms with E-state index in [0.29, 0.717) is 6.42 Å². The molecule has 0 aliphatic heterocycles. The maximum absolute atomic E-state index is 13.8. The zero-order valence-electron chi connectivity index (χ0n) is 10.7. The molecule has 1 aromatic rings. The van der Waals surface area contributed by atoms with Gasteiger partial charge in [0.05, 0.1) is 4.92 Å². The van der Waals surface area contributed by atoms with E-state index in [-0.39, 0.29) is 12.1 Å². The number of aliphatic carboxylic acids is 1. The van der Waals surface area contributed by atoms with Gasteiger partial charge in [-0.05, 0) is 13.5 Å². The van der Waals surface area contributed by atoms with Crippen LogP contribution in [-0.4, -0.2) is 34.0 Å². The highest BCUT2D eigenvalue weighted by molar-refractivity contribution is 5.73. The van der Waals surface area contributed by atoms with Gasteiger partial charge < -0.3 is 5.11 Å². The van der Waals surface area contributed by atoms with Crippen LogP contribution in [0.4, 0.5) is 10.1 Å². The molecule has 1 aromatic carbocycles. The number of likely N-dealkylation sites (N-methyl/N-ethyl adjacent to an activating group) is 1. The lowest BCUT2D eigenvalue weighted by Gasteiger charge is -2.23. The number of halogens is 1. The number of benzene rings is 1. The van der Waals surface area contributed by atoms with Gasteiger partial charge in [-0.2, -0.15) is 4.39 Å². The lowest BCUT2D eigenvalue weighted by atomic mass is 10.1. The lowest BCUT2D eigenvalue weighted by Crippen LogP contribution is -2.37. The van der Waals surface area contributed by atoms with Gasteiger partial charge in [0.25, 0.3) is 0 Å². The molecule has 0 aliphatic carbocycles. The number of rotatable bonds is 6. The van der Waals surface area contributed by atoms with Crippen LogP contribution in [0.15, 0.2) is 18.2 Å². The van der Waals surface area contributed by atoms with Gasteiger partial charge in [-0.1, -0.05) is 19.1 Å². The molecule has 0 saturated heterocycles. The molecule has 104 valence electrons. The summed E-state index contributed by atoms with van der Waals surface area (Å²) < 4.78 is 13.8. The van der Waals surface area contributed by atoms with Crippen molar-refractivity contribution in [2.45, 2.75) is 25.9 Å². The second-order valence-corrected chi connectivity index (χ2v) is 4.18. The van der Waals surface area contributed by atoms with Gasteiger partial charge in [-0.15, -0.1) is 0 Å². The van der Waals surface area contributed by atoms with Gasteiger partial charge in [-0.25, -0.2) is 0 Å². The average molecular weight is 270 g/mol. The largest absolute Gasteiger partial charge is 0.480 e. The number of carbonyl (C=O) groups is 1. The summed E-state index contributed by atoms with van der Waals surface area (Å²) in [6.07, 6.45) is 0.363. The van der Waals surface area contributed by atoms with Crippen molar-refractivity contribution in [3.63, 3.8) is 0 Å². The van der Waals surface area contributed by atoms with Crippen molar-refractivity contribution in [3.05, 3.63) is 39.7 Å². The van der Waals surface area contributed by atoms with Crippen LogP contribution in [0, 0.1) is 15.9 Å². The minimum absolute atomic E-state index is 0.00167. The molecule has 0 heterocycles. The van der Waals surface area contributed by atoms with Crippen LogP contribution in [-0.2, 0) is 11.3 Å². The summed E-state index contributed by atoms with van der Waals surface area (Å²) in [6.45, 7) is 1.71. The van der Waals surface area contributed by atoms with Crippen LogP contribution in [0.2, 0.25) is 0 Å². The summed E-state index contributed by atoms with van der Waals surface area (Å²) in [5.74, 6) is -1.92. The van der Waals surface area contributed by atoms with E-state index < -0.39 is 28.4 Å². The van der Waals surface area contributed by atoms with E-state index in [2.05, 4.69) is 0 Å². The van der Waals surface area contributed by atoms with E-state index >= 15 is 0 Å². The molecule has 6 nitrogen and oxygen atoms in total. The van der Waals surface area contributed by atoms with Crippen molar-refractivity contribution >= 4 is 11.7 Å². The molecular formula is C12H15FN2O4. The third-order valence-corrected chi connectivity index (χ3v) is 2.88. The number of carboxylic acid groups (broad SMARTS) is 1. The van der Waals surface area contributed by atoms with Crippen LogP contribution < -0.4 is 0 Å². The molecule has 0 spiro atoms. The van der Waals surface area contributed by atoms with Crippen molar-refractivity contribution in [1.82, 2.24) is 4.90 Å². The summed E-state index contributed by atoms with van der Waals surface area (Å²) in [4.78, 5) is 22.2. The Morgan fingerprint density at radius 3 is 2.68 bits per heavy atom. The van der Waals surface area contributed by atoms with Gasteiger partial charge in [0.1, 0.15) is 6.04 Å². The Bertz CT molecular complexity index is 493. The molecule has 1 rings (SSSR count). The molecule has 0 aliphatic rings. The smallest absolute Gasteiger partial charge is 0.320 e. The molecule has 0 radical (unpaired) electrons. The summed E-state index contributed by atoms with van der Waals surface area (Å²) in [7, 11) is 1.54. The highest BCUT2D eigenvalue weighted by Crippen LogP contribution is 2.21. The van der Waals surface area contributed by atoms with Crippen LogP contribution >= 0.6 is 0 Å².